The minimum atomic E-state index is -3.64. The summed E-state index contributed by atoms with van der Waals surface area (Å²) in [4.78, 5) is 0. The van der Waals surface area contributed by atoms with Crippen molar-refractivity contribution in [3.05, 3.63) is 48.0 Å². The second kappa shape index (κ2) is 5.64. The molecule has 1 atom stereocenters. The highest BCUT2D eigenvalue weighted by atomic mass is 35.5. The minimum Gasteiger partial charge on any atom is -0.396 e. The van der Waals surface area contributed by atoms with Crippen molar-refractivity contribution in [2.24, 2.45) is 5.41 Å². The summed E-state index contributed by atoms with van der Waals surface area (Å²) >= 11 is 6.13. The second-order valence-electron chi connectivity index (χ2n) is 6.25. The van der Waals surface area contributed by atoms with Crippen LogP contribution in [0.5, 0.6) is 0 Å². The number of halogens is 1. The van der Waals surface area contributed by atoms with Gasteiger partial charge in [-0.3, -0.25) is 0 Å². The fourth-order valence-corrected chi connectivity index (χ4v) is 4.77. The fraction of sp³-hybridized carbons (Fsp3) is 0.500. The van der Waals surface area contributed by atoms with Gasteiger partial charge in [0.15, 0.2) is 4.21 Å². The molecule has 0 saturated heterocycles. The Balaban J connectivity index is 1.97. The molecule has 1 saturated carbocycles. The van der Waals surface area contributed by atoms with Gasteiger partial charge in [-0.2, -0.15) is 0 Å². The Kier molecular flexibility index (Phi) is 4.10. The van der Waals surface area contributed by atoms with E-state index in [-0.39, 0.29) is 6.61 Å². The molecule has 120 valence electrons. The Bertz CT molecular complexity index is 660. The molecule has 6 heteroatoms. The zero-order valence-electron chi connectivity index (χ0n) is 12.2. The zero-order chi connectivity index (χ0) is 15.8. The SMILES string of the molecule is O=S(=O)(NC(c1ccccc1)C1(CO)CC=CC1)C1(Cl)CC1. The smallest absolute Gasteiger partial charge is 0.232 e. The van der Waals surface area contributed by atoms with E-state index in [1.54, 1.807) is 0 Å². The van der Waals surface area contributed by atoms with Crippen LogP contribution in [-0.4, -0.2) is 24.3 Å². The number of sulfonamides is 1. The summed E-state index contributed by atoms with van der Waals surface area (Å²) in [6.45, 7) is -0.0859. The first kappa shape index (κ1) is 16.0. The van der Waals surface area contributed by atoms with Gasteiger partial charge in [-0.25, -0.2) is 13.1 Å². The molecule has 1 aromatic rings. The largest absolute Gasteiger partial charge is 0.396 e. The summed E-state index contributed by atoms with van der Waals surface area (Å²) in [6, 6.07) is 8.91. The number of rotatable bonds is 6. The first-order chi connectivity index (χ1) is 10.4. The number of alkyl halides is 1. The van der Waals surface area contributed by atoms with E-state index in [0.717, 1.165) is 5.56 Å². The zero-order valence-corrected chi connectivity index (χ0v) is 13.8. The summed E-state index contributed by atoms with van der Waals surface area (Å²) in [6.07, 6.45) is 6.20. The monoisotopic (exact) mass is 341 g/mol. The van der Waals surface area contributed by atoms with Crippen LogP contribution in [0.2, 0.25) is 0 Å². The minimum absolute atomic E-state index is 0.0859. The lowest BCUT2D eigenvalue weighted by Gasteiger charge is -2.37. The van der Waals surface area contributed by atoms with Crippen molar-refractivity contribution < 1.29 is 13.5 Å². The van der Waals surface area contributed by atoms with Crippen LogP contribution in [0.4, 0.5) is 0 Å². The van der Waals surface area contributed by atoms with Crippen LogP contribution < -0.4 is 4.72 Å². The molecule has 2 N–H and O–H groups in total. The first-order valence-corrected chi connectivity index (χ1v) is 9.30. The van der Waals surface area contributed by atoms with E-state index in [1.807, 2.05) is 42.5 Å². The van der Waals surface area contributed by atoms with Crippen LogP contribution >= 0.6 is 11.6 Å². The molecule has 0 heterocycles. The van der Waals surface area contributed by atoms with Crippen molar-refractivity contribution in [3.8, 4) is 0 Å². The average Bonchev–Trinajstić information content (AvgIpc) is 3.11. The van der Waals surface area contributed by atoms with Crippen molar-refractivity contribution in [1.82, 2.24) is 4.72 Å². The Hall–Kier alpha value is -0.880. The van der Waals surface area contributed by atoms with Crippen molar-refractivity contribution >= 4 is 21.6 Å². The van der Waals surface area contributed by atoms with Gasteiger partial charge in [0.25, 0.3) is 0 Å². The van der Waals surface area contributed by atoms with Gasteiger partial charge in [-0.15, -0.1) is 11.6 Å². The van der Waals surface area contributed by atoms with E-state index in [9.17, 15) is 13.5 Å². The van der Waals surface area contributed by atoms with Crippen LogP contribution in [0.1, 0.15) is 37.3 Å². The van der Waals surface area contributed by atoms with Crippen molar-refractivity contribution in [2.75, 3.05) is 6.61 Å². The van der Waals surface area contributed by atoms with Crippen molar-refractivity contribution in [1.29, 1.82) is 0 Å². The molecule has 2 aliphatic rings. The Morgan fingerprint density at radius 2 is 1.77 bits per heavy atom. The van der Waals surface area contributed by atoms with Crippen LogP contribution in [0.15, 0.2) is 42.5 Å². The average molecular weight is 342 g/mol. The summed E-state index contributed by atoms with van der Waals surface area (Å²) in [7, 11) is -3.64. The van der Waals surface area contributed by atoms with Gasteiger partial charge in [0.05, 0.1) is 12.6 Å². The highest BCUT2D eigenvalue weighted by Crippen LogP contribution is 2.50. The van der Waals surface area contributed by atoms with E-state index in [0.29, 0.717) is 25.7 Å². The highest BCUT2D eigenvalue weighted by Gasteiger charge is 2.55. The maximum atomic E-state index is 12.6. The Labute approximate surface area is 136 Å². The van der Waals surface area contributed by atoms with Crippen molar-refractivity contribution in [2.45, 2.75) is 35.9 Å². The maximum absolute atomic E-state index is 12.6. The van der Waals surface area contributed by atoms with Gasteiger partial charge < -0.3 is 5.11 Å². The number of aliphatic hydroxyl groups is 1. The quantitative estimate of drug-likeness (QED) is 0.617. The molecule has 4 nitrogen and oxygen atoms in total. The van der Waals surface area contributed by atoms with E-state index in [4.69, 9.17) is 11.6 Å². The molecule has 3 rings (SSSR count). The van der Waals surface area contributed by atoms with Crippen LogP contribution in [-0.2, 0) is 10.0 Å². The second-order valence-corrected chi connectivity index (χ2v) is 9.22. The summed E-state index contributed by atoms with van der Waals surface area (Å²) in [5, 5.41) is 9.96. The van der Waals surface area contributed by atoms with Gasteiger partial charge in [-0.05, 0) is 31.2 Å². The molecule has 0 amide bonds. The first-order valence-electron chi connectivity index (χ1n) is 7.44. The number of hydrogen-bond donors (Lipinski definition) is 2. The lowest BCUT2D eigenvalue weighted by atomic mass is 9.76. The lowest BCUT2D eigenvalue weighted by Crippen LogP contribution is -2.45. The molecule has 22 heavy (non-hydrogen) atoms. The molecular weight excluding hydrogens is 322 g/mol. The van der Waals surface area contributed by atoms with Gasteiger partial charge in [0.1, 0.15) is 0 Å². The third-order valence-electron chi connectivity index (χ3n) is 4.67. The van der Waals surface area contributed by atoms with Crippen LogP contribution in [0.25, 0.3) is 0 Å². The Morgan fingerprint density at radius 3 is 2.27 bits per heavy atom. The summed E-state index contributed by atoms with van der Waals surface area (Å²) < 4.78 is 26.7. The third-order valence-corrected chi connectivity index (χ3v) is 7.58. The third kappa shape index (κ3) is 2.71. The van der Waals surface area contributed by atoms with Crippen LogP contribution in [0.3, 0.4) is 0 Å². The molecule has 0 aliphatic heterocycles. The van der Waals surface area contributed by atoms with Gasteiger partial charge in [0, 0.05) is 5.41 Å². The number of nitrogens with one attached hydrogen (secondary N) is 1. The molecule has 0 bridgehead atoms. The van der Waals surface area contributed by atoms with Crippen LogP contribution in [0, 0.1) is 5.41 Å². The lowest BCUT2D eigenvalue weighted by molar-refractivity contribution is 0.101. The number of allylic oxidation sites excluding steroid dienone is 2. The van der Waals surface area contributed by atoms with Crippen molar-refractivity contribution in [3.63, 3.8) is 0 Å². The summed E-state index contributed by atoms with van der Waals surface area (Å²) in [5.74, 6) is 0. The van der Waals surface area contributed by atoms with Gasteiger partial charge in [-0.1, -0.05) is 42.5 Å². The van der Waals surface area contributed by atoms with E-state index in [2.05, 4.69) is 4.72 Å². The molecule has 1 unspecified atom stereocenters. The normalized spacial score (nSPS) is 23.4. The maximum Gasteiger partial charge on any atom is 0.232 e. The van der Waals surface area contributed by atoms with E-state index < -0.39 is 25.7 Å². The summed E-state index contributed by atoms with van der Waals surface area (Å²) in [5.41, 5.74) is 0.307. The topological polar surface area (TPSA) is 66.4 Å². The van der Waals surface area contributed by atoms with Gasteiger partial charge >= 0.3 is 0 Å². The van der Waals surface area contributed by atoms with E-state index >= 15 is 0 Å². The highest BCUT2D eigenvalue weighted by molar-refractivity contribution is 7.92. The Morgan fingerprint density at radius 1 is 1.18 bits per heavy atom. The standard InChI is InChI=1S/C16H20ClNO3S/c17-16(10-11-16)22(20,21)18-14(13-6-2-1-3-7-13)15(12-19)8-4-5-9-15/h1-7,14,18-19H,8-12H2. The number of benzene rings is 1. The number of aliphatic hydroxyl groups excluding tert-OH is 1. The molecule has 1 fully saturated rings. The molecule has 0 radical (unpaired) electrons. The predicted octanol–water partition coefficient (Wildman–Crippen LogP) is 2.70. The molecule has 2 aliphatic carbocycles. The van der Waals surface area contributed by atoms with Gasteiger partial charge in [0.2, 0.25) is 10.0 Å². The molecule has 0 spiro atoms. The van der Waals surface area contributed by atoms with E-state index in [1.165, 1.54) is 0 Å². The number of hydrogen-bond acceptors (Lipinski definition) is 3. The fourth-order valence-electron chi connectivity index (χ4n) is 3.00. The molecule has 0 aromatic heterocycles. The predicted molar refractivity (Wildman–Crippen MR) is 86.9 cm³/mol. The molecular formula is C16H20ClNO3S. The molecule has 1 aromatic carbocycles.